The lowest BCUT2D eigenvalue weighted by molar-refractivity contribution is -0.159. The highest BCUT2D eigenvalue weighted by atomic mass is 19.1. The van der Waals surface area contributed by atoms with Crippen molar-refractivity contribution in [1.29, 1.82) is 0 Å². The quantitative estimate of drug-likeness (QED) is 0.655. The maximum absolute atomic E-state index is 12.9. The number of hydrogen-bond acceptors (Lipinski definition) is 4. The summed E-state index contributed by atoms with van der Waals surface area (Å²) in [5, 5.41) is 17.5. The molecule has 0 aliphatic rings. The van der Waals surface area contributed by atoms with Crippen molar-refractivity contribution < 1.29 is 29.0 Å². The number of carbonyl (C=O) groups excluding carboxylic acids is 1. The lowest BCUT2D eigenvalue weighted by Gasteiger charge is -2.15. The summed E-state index contributed by atoms with van der Waals surface area (Å²) in [4.78, 5) is 32.0. The number of anilines is 1. The minimum atomic E-state index is -1.82. The summed E-state index contributed by atoms with van der Waals surface area (Å²) >= 11 is 0. The monoisotopic (exact) mass is 342 g/mol. The smallest absolute Gasteiger partial charge is 0.414 e. The summed E-state index contributed by atoms with van der Waals surface area (Å²) in [5.41, 5.74) is 0.510. The summed E-state index contributed by atoms with van der Waals surface area (Å²) in [6, 6.07) is 5.94. The minimum Gasteiger partial charge on any atom is -0.473 e. The Labute approximate surface area is 140 Å². The molecule has 0 unspecified atom stereocenters. The van der Waals surface area contributed by atoms with Crippen molar-refractivity contribution in [2.75, 3.05) is 25.5 Å². The molecule has 0 heterocycles. The second kappa shape index (κ2) is 12.0. The van der Waals surface area contributed by atoms with Gasteiger partial charge in [0, 0.05) is 18.7 Å². The van der Waals surface area contributed by atoms with Crippen LogP contribution in [-0.4, -0.2) is 53.1 Å². The standard InChI is InChI=1S/C14H21FN2O.C2H2O4/c1-3-4-9-17(2)10-8-14(18)16-13-7-5-6-12(15)11-13;3-1(4)2(5)6/h5-7,11H,3-4,8-10H2,1-2H3,(H,16,18);(H,3,4)(H,5,6). The molecule has 0 aliphatic heterocycles. The molecule has 1 aromatic rings. The zero-order valence-electron chi connectivity index (χ0n) is 13.8. The predicted molar refractivity (Wildman–Crippen MR) is 87.3 cm³/mol. The van der Waals surface area contributed by atoms with E-state index < -0.39 is 11.9 Å². The fourth-order valence-corrected chi connectivity index (χ4v) is 1.62. The van der Waals surface area contributed by atoms with E-state index in [1.807, 2.05) is 7.05 Å². The number of amides is 1. The maximum Gasteiger partial charge on any atom is 0.414 e. The SMILES string of the molecule is CCCCN(C)CCC(=O)Nc1cccc(F)c1.O=C(O)C(=O)O. The zero-order valence-corrected chi connectivity index (χ0v) is 13.8. The molecule has 0 aliphatic carbocycles. The van der Waals surface area contributed by atoms with Gasteiger partial charge in [0.15, 0.2) is 0 Å². The van der Waals surface area contributed by atoms with Gasteiger partial charge in [0.2, 0.25) is 5.91 Å². The van der Waals surface area contributed by atoms with Crippen LogP contribution in [0.4, 0.5) is 10.1 Å². The van der Waals surface area contributed by atoms with E-state index in [0.29, 0.717) is 12.1 Å². The van der Waals surface area contributed by atoms with Gasteiger partial charge in [-0.1, -0.05) is 19.4 Å². The summed E-state index contributed by atoms with van der Waals surface area (Å²) in [7, 11) is 2.01. The average Bonchev–Trinajstić information content (AvgIpc) is 2.51. The lowest BCUT2D eigenvalue weighted by Crippen LogP contribution is -2.25. The van der Waals surface area contributed by atoms with Crippen molar-refractivity contribution >= 4 is 23.5 Å². The normalized spacial score (nSPS) is 9.83. The third kappa shape index (κ3) is 11.1. The van der Waals surface area contributed by atoms with Gasteiger partial charge < -0.3 is 20.4 Å². The van der Waals surface area contributed by atoms with Crippen LogP contribution < -0.4 is 5.32 Å². The maximum atomic E-state index is 12.9. The summed E-state index contributed by atoms with van der Waals surface area (Å²) in [6.07, 6.45) is 2.72. The number of halogens is 1. The van der Waals surface area contributed by atoms with Crippen molar-refractivity contribution in [3.63, 3.8) is 0 Å². The molecule has 0 radical (unpaired) electrons. The van der Waals surface area contributed by atoms with E-state index in [-0.39, 0.29) is 11.7 Å². The molecule has 0 atom stereocenters. The van der Waals surface area contributed by atoms with Crippen LogP contribution in [0.25, 0.3) is 0 Å². The van der Waals surface area contributed by atoms with Gasteiger partial charge in [-0.15, -0.1) is 0 Å². The van der Waals surface area contributed by atoms with E-state index in [1.165, 1.54) is 12.1 Å². The third-order valence-corrected chi connectivity index (χ3v) is 2.91. The molecule has 3 N–H and O–H groups in total. The second-order valence-corrected chi connectivity index (χ2v) is 5.08. The molecule has 0 saturated carbocycles. The Kier molecular flexibility index (Phi) is 10.8. The van der Waals surface area contributed by atoms with Crippen LogP contribution in [0, 0.1) is 5.82 Å². The highest BCUT2D eigenvalue weighted by molar-refractivity contribution is 6.27. The van der Waals surface area contributed by atoms with Gasteiger partial charge in [0.25, 0.3) is 0 Å². The van der Waals surface area contributed by atoms with E-state index in [4.69, 9.17) is 19.8 Å². The number of carboxylic acids is 2. The van der Waals surface area contributed by atoms with Gasteiger partial charge in [0.05, 0.1) is 0 Å². The van der Waals surface area contributed by atoms with Crippen LogP contribution in [0.15, 0.2) is 24.3 Å². The Hall–Kier alpha value is -2.48. The minimum absolute atomic E-state index is 0.0797. The number of rotatable bonds is 7. The van der Waals surface area contributed by atoms with E-state index in [9.17, 15) is 9.18 Å². The Morgan fingerprint density at radius 1 is 1.17 bits per heavy atom. The molecule has 0 saturated heterocycles. The van der Waals surface area contributed by atoms with Crippen molar-refractivity contribution in [1.82, 2.24) is 4.90 Å². The first-order chi connectivity index (χ1) is 11.3. The first kappa shape index (κ1) is 21.5. The molecular weight excluding hydrogens is 319 g/mol. The Morgan fingerprint density at radius 3 is 2.29 bits per heavy atom. The van der Waals surface area contributed by atoms with Crippen molar-refractivity contribution in [2.24, 2.45) is 0 Å². The van der Waals surface area contributed by atoms with Crippen molar-refractivity contribution in [3.05, 3.63) is 30.1 Å². The number of carbonyl (C=O) groups is 3. The van der Waals surface area contributed by atoms with E-state index in [2.05, 4.69) is 17.1 Å². The number of nitrogens with zero attached hydrogens (tertiary/aromatic N) is 1. The fourth-order valence-electron chi connectivity index (χ4n) is 1.62. The van der Waals surface area contributed by atoms with Gasteiger partial charge in [-0.2, -0.15) is 0 Å². The molecule has 8 heteroatoms. The van der Waals surface area contributed by atoms with Crippen LogP contribution >= 0.6 is 0 Å². The number of nitrogens with one attached hydrogen (secondary N) is 1. The van der Waals surface area contributed by atoms with Crippen LogP contribution in [0.2, 0.25) is 0 Å². The number of unbranched alkanes of at least 4 members (excludes halogenated alkanes) is 1. The summed E-state index contributed by atoms with van der Waals surface area (Å²) < 4.78 is 12.9. The third-order valence-electron chi connectivity index (χ3n) is 2.91. The van der Waals surface area contributed by atoms with Crippen LogP contribution in [-0.2, 0) is 14.4 Å². The molecule has 24 heavy (non-hydrogen) atoms. The molecule has 0 spiro atoms. The van der Waals surface area contributed by atoms with Gasteiger partial charge in [-0.3, -0.25) is 4.79 Å². The fraction of sp³-hybridized carbons (Fsp3) is 0.438. The molecule has 134 valence electrons. The molecule has 0 fully saturated rings. The first-order valence-corrected chi connectivity index (χ1v) is 7.46. The van der Waals surface area contributed by atoms with Crippen LogP contribution in [0.5, 0.6) is 0 Å². The van der Waals surface area contributed by atoms with E-state index >= 15 is 0 Å². The molecule has 1 aromatic carbocycles. The molecular formula is C16H23FN2O5. The second-order valence-electron chi connectivity index (χ2n) is 5.08. The summed E-state index contributed by atoms with van der Waals surface area (Å²) in [5.74, 6) is -4.07. The number of hydrogen-bond donors (Lipinski definition) is 3. The van der Waals surface area contributed by atoms with E-state index in [1.54, 1.807) is 12.1 Å². The largest absolute Gasteiger partial charge is 0.473 e. The summed E-state index contributed by atoms with van der Waals surface area (Å²) in [6.45, 7) is 3.87. The molecule has 1 rings (SSSR count). The van der Waals surface area contributed by atoms with Crippen molar-refractivity contribution in [3.8, 4) is 0 Å². The van der Waals surface area contributed by atoms with Crippen LogP contribution in [0.3, 0.4) is 0 Å². The molecule has 7 nitrogen and oxygen atoms in total. The average molecular weight is 342 g/mol. The van der Waals surface area contributed by atoms with Gasteiger partial charge >= 0.3 is 11.9 Å². The lowest BCUT2D eigenvalue weighted by atomic mass is 10.3. The van der Waals surface area contributed by atoms with E-state index in [0.717, 1.165) is 25.9 Å². The number of carboxylic acid groups (broad SMARTS) is 2. The molecule has 0 aromatic heterocycles. The highest BCUT2D eigenvalue weighted by Crippen LogP contribution is 2.09. The highest BCUT2D eigenvalue weighted by Gasteiger charge is 2.05. The van der Waals surface area contributed by atoms with Crippen LogP contribution in [0.1, 0.15) is 26.2 Å². The Bertz CT molecular complexity index is 539. The Balaban J connectivity index is 0.000000754. The topological polar surface area (TPSA) is 107 Å². The zero-order chi connectivity index (χ0) is 18.5. The predicted octanol–water partition coefficient (Wildman–Crippen LogP) is 2.04. The molecule has 1 amide bonds. The van der Waals surface area contributed by atoms with Gasteiger partial charge in [-0.05, 0) is 38.2 Å². The number of aliphatic carboxylic acids is 2. The number of benzene rings is 1. The molecule has 0 bridgehead atoms. The first-order valence-electron chi connectivity index (χ1n) is 7.46. The van der Waals surface area contributed by atoms with Crippen molar-refractivity contribution in [2.45, 2.75) is 26.2 Å². The Morgan fingerprint density at radius 2 is 1.79 bits per heavy atom. The van der Waals surface area contributed by atoms with Gasteiger partial charge in [0.1, 0.15) is 5.82 Å². The van der Waals surface area contributed by atoms with Gasteiger partial charge in [-0.25, -0.2) is 14.0 Å².